The van der Waals surface area contributed by atoms with E-state index in [1.54, 1.807) is 0 Å². The van der Waals surface area contributed by atoms with E-state index in [0.717, 1.165) is 0 Å². The second kappa shape index (κ2) is 5.52. The summed E-state index contributed by atoms with van der Waals surface area (Å²) in [5.41, 5.74) is 0. The lowest BCUT2D eigenvalue weighted by Gasteiger charge is -2.33. The van der Waals surface area contributed by atoms with Gasteiger partial charge in [-0.3, -0.25) is 4.79 Å². The third kappa shape index (κ3) is 3.41. The van der Waals surface area contributed by atoms with Crippen LogP contribution in [0.3, 0.4) is 0 Å². The Morgan fingerprint density at radius 3 is 1.62 bits per heavy atom. The van der Waals surface area contributed by atoms with Gasteiger partial charge in [0.05, 0.1) is 5.75 Å². The van der Waals surface area contributed by atoms with E-state index in [0.29, 0.717) is 6.92 Å². The highest BCUT2D eigenvalue weighted by Gasteiger charge is 2.83. The zero-order chi connectivity index (χ0) is 17.5. The maximum absolute atomic E-state index is 13.1. The summed E-state index contributed by atoms with van der Waals surface area (Å²) in [5.74, 6) is -16.8. The van der Waals surface area contributed by atoms with Crippen LogP contribution in [0.25, 0.3) is 0 Å². The molecule has 0 radical (unpaired) electrons. The summed E-state index contributed by atoms with van der Waals surface area (Å²) in [5, 5.41) is -12.7. The van der Waals surface area contributed by atoms with Gasteiger partial charge in [-0.05, 0) is 18.5 Å². The van der Waals surface area contributed by atoms with Crippen LogP contribution in [-0.2, 0) is 14.6 Å². The Kier molecular flexibility index (Phi) is 5.35. The summed E-state index contributed by atoms with van der Waals surface area (Å²) < 4.78 is 124. The number of carbonyl (C=O) groups excluding carboxylic acids is 1. The summed E-state index contributed by atoms with van der Waals surface area (Å²) in [6.07, 6.45) is -1.18. The standard InChI is InChI=1S/C8H7ClF8O3S/c1-4(18)2-3-21(19,20)8(16,17)6(12,13)5(10,11)7(9,14)15/h2-3H2,1H3. The van der Waals surface area contributed by atoms with Gasteiger partial charge < -0.3 is 0 Å². The van der Waals surface area contributed by atoms with Gasteiger partial charge in [-0.1, -0.05) is 0 Å². The summed E-state index contributed by atoms with van der Waals surface area (Å²) in [6, 6.07) is 0. The van der Waals surface area contributed by atoms with Crippen LogP contribution >= 0.6 is 11.6 Å². The van der Waals surface area contributed by atoms with Crippen molar-refractivity contribution in [1.82, 2.24) is 0 Å². The zero-order valence-electron chi connectivity index (χ0n) is 9.95. The predicted molar refractivity (Wildman–Crippen MR) is 54.7 cm³/mol. The van der Waals surface area contributed by atoms with Crippen molar-refractivity contribution in [3.05, 3.63) is 0 Å². The van der Waals surface area contributed by atoms with Crippen molar-refractivity contribution in [3.8, 4) is 0 Å². The van der Waals surface area contributed by atoms with Crippen LogP contribution in [-0.4, -0.2) is 42.4 Å². The number of rotatable bonds is 7. The molecular formula is C8H7ClF8O3S. The van der Waals surface area contributed by atoms with Gasteiger partial charge in [0, 0.05) is 6.42 Å². The monoisotopic (exact) mass is 370 g/mol. The van der Waals surface area contributed by atoms with Gasteiger partial charge in [-0.25, -0.2) is 8.42 Å². The lowest BCUT2D eigenvalue weighted by Crippen LogP contribution is -2.63. The average molecular weight is 371 g/mol. The first kappa shape index (κ1) is 20.3. The Bertz CT molecular complexity index is 510. The summed E-state index contributed by atoms with van der Waals surface area (Å²) in [4.78, 5) is 10.4. The largest absolute Gasteiger partial charge is 0.413 e. The summed E-state index contributed by atoms with van der Waals surface area (Å²) in [6.45, 7) is 0.716. The average Bonchev–Trinajstić information content (AvgIpc) is 2.24. The maximum Gasteiger partial charge on any atom is 0.413 e. The number of ketones is 1. The maximum atomic E-state index is 13.1. The molecule has 126 valence electrons. The topological polar surface area (TPSA) is 51.2 Å². The molecule has 0 saturated heterocycles. The zero-order valence-corrected chi connectivity index (χ0v) is 11.5. The van der Waals surface area contributed by atoms with E-state index in [2.05, 4.69) is 11.6 Å². The number of hydrogen-bond donors (Lipinski definition) is 0. The van der Waals surface area contributed by atoms with E-state index in [1.807, 2.05) is 0 Å². The molecule has 21 heavy (non-hydrogen) atoms. The molecule has 0 aromatic heterocycles. The first-order valence-electron chi connectivity index (χ1n) is 4.83. The van der Waals surface area contributed by atoms with Crippen molar-refractivity contribution in [2.24, 2.45) is 0 Å². The molecule has 0 rings (SSSR count). The van der Waals surface area contributed by atoms with Crippen molar-refractivity contribution < 1.29 is 48.3 Å². The highest BCUT2D eigenvalue weighted by atomic mass is 35.5. The lowest BCUT2D eigenvalue weighted by molar-refractivity contribution is -0.326. The molecule has 13 heteroatoms. The molecule has 0 spiro atoms. The van der Waals surface area contributed by atoms with Crippen molar-refractivity contribution in [2.75, 3.05) is 5.75 Å². The third-order valence-electron chi connectivity index (χ3n) is 2.23. The smallest absolute Gasteiger partial charge is 0.300 e. The fourth-order valence-corrected chi connectivity index (χ4v) is 2.41. The molecule has 0 aromatic carbocycles. The number of carbonyl (C=O) groups is 1. The van der Waals surface area contributed by atoms with Crippen molar-refractivity contribution in [2.45, 2.75) is 35.8 Å². The second-order valence-electron chi connectivity index (χ2n) is 3.93. The summed E-state index contributed by atoms with van der Waals surface area (Å²) >= 11 is 3.65. The predicted octanol–water partition coefficient (Wildman–Crippen LogP) is 3.08. The van der Waals surface area contributed by atoms with E-state index < -0.39 is 50.3 Å². The first-order valence-corrected chi connectivity index (χ1v) is 6.86. The number of hydrogen-bond acceptors (Lipinski definition) is 3. The Morgan fingerprint density at radius 1 is 0.952 bits per heavy atom. The van der Waals surface area contributed by atoms with Gasteiger partial charge in [0.25, 0.3) is 0 Å². The third-order valence-corrected chi connectivity index (χ3v) is 4.25. The SMILES string of the molecule is CC(=O)CCS(=O)(=O)C(F)(F)C(F)(F)C(F)(F)C(F)(F)Cl. The van der Waals surface area contributed by atoms with Gasteiger partial charge in [-0.15, -0.1) is 0 Å². The molecular weight excluding hydrogens is 364 g/mol. The van der Waals surface area contributed by atoms with Crippen molar-refractivity contribution >= 4 is 27.2 Å². The molecule has 0 aliphatic heterocycles. The van der Waals surface area contributed by atoms with Gasteiger partial charge in [-0.2, -0.15) is 35.1 Å². The van der Waals surface area contributed by atoms with E-state index in [9.17, 15) is 48.3 Å². The van der Waals surface area contributed by atoms with Crippen LogP contribution in [0.5, 0.6) is 0 Å². The Balaban J connectivity index is 5.84. The minimum atomic E-state index is -7.00. The fourth-order valence-electron chi connectivity index (χ4n) is 0.962. The van der Waals surface area contributed by atoms with Gasteiger partial charge >= 0.3 is 22.5 Å². The van der Waals surface area contributed by atoms with Gasteiger partial charge in [0.1, 0.15) is 5.78 Å². The molecule has 0 atom stereocenters. The molecule has 0 amide bonds. The molecule has 0 saturated carbocycles. The van der Waals surface area contributed by atoms with E-state index in [4.69, 9.17) is 0 Å². The van der Waals surface area contributed by atoms with Crippen molar-refractivity contribution in [1.29, 1.82) is 0 Å². The molecule has 0 aromatic rings. The number of Topliss-reactive ketones (excluding diaryl/α,β-unsaturated/α-hetero) is 1. The Morgan fingerprint density at radius 2 is 1.33 bits per heavy atom. The first-order chi connectivity index (χ1) is 8.92. The van der Waals surface area contributed by atoms with E-state index >= 15 is 0 Å². The van der Waals surface area contributed by atoms with Crippen LogP contribution in [0.1, 0.15) is 13.3 Å². The lowest BCUT2D eigenvalue weighted by atomic mass is 10.2. The minimum absolute atomic E-state index is 0.716. The number of halogens is 9. The van der Waals surface area contributed by atoms with Crippen LogP contribution in [0.2, 0.25) is 0 Å². The molecule has 0 aliphatic rings. The highest BCUT2D eigenvalue weighted by molar-refractivity contribution is 7.92. The fraction of sp³-hybridized carbons (Fsp3) is 0.875. The minimum Gasteiger partial charge on any atom is -0.300 e. The van der Waals surface area contributed by atoms with Gasteiger partial charge in [0.2, 0.25) is 9.84 Å². The quantitative estimate of drug-likeness (QED) is 0.511. The van der Waals surface area contributed by atoms with Crippen LogP contribution in [0, 0.1) is 0 Å². The molecule has 0 bridgehead atoms. The Labute approximate surface area is 118 Å². The molecule has 0 heterocycles. The van der Waals surface area contributed by atoms with E-state index in [1.165, 1.54) is 0 Å². The molecule has 0 N–H and O–H groups in total. The van der Waals surface area contributed by atoms with Crippen LogP contribution in [0.4, 0.5) is 35.1 Å². The molecule has 0 aliphatic carbocycles. The van der Waals surface area contributed by atoms with Crippen LogP contribution < -0.4 is 0 Å². The summed E-state index contributed by atoms with van der Waals surface area (Å²) in [7, 11) is -6.33. The van der Waals surface area contributed by atoms with Gasteiger partial charge in [0.15, 0.2) is 0 Å². The molecule has 3 nitrogen and oxygen atoms in total. The number of alkyl halides is 9. The normalized spacial score (nSPS) is 15.1. The highest BCUT2D eigenvalue weighted by Crippen LogP contribution is 2.55. The van der Waals surface area contributed by atoms with Crippen molar-refractivity contribution in [3.63, 3.8) is 0 Å². The number of sulfone groups is 1. The van der Waals surface area contributed by atoms with E-state index in [-0.39, 0.29) is 0 Å². The second-order valence-corrected chi connectivity index (χ2v) is 6.56. The Hall–Kier alpha value is -0.650. The molecule has 0 fully saturated rings. The molecule has 0 unspecified atom stereocenters. The van der Waals surface area contributed by atoms with Crippen LogP contribution in [0.15, 0.2) is 0 Å².